The first-order chi connectivity index (χ1) is 11.2. The number of hydrogen-bond acceptors (Lipinski definition) is 2. The Kier molecular flexibility index (Phi) is 5.37. The number of rotatable bonds is 5. The van der Waals surface area contributed by atoms with Crippen LogP contribution >= 0.6 is 0 Å². The Labute approximate surface area is 140 Å². The summed E-state index contributed by atoms with van der Waals surface area (Å²) >= 11 is 0. The molecule has 0 N–H and O–H groups in total. The van der Waals surface area contributed by atoms with Crippen LogP contribution in [0.15, 0.2) is 24.3 Å². The predicted molar refractivity (Wildman–Crippen MR) is 94.2 cm³/mol. The third kappa shape index (κ3) is 3.95. The fraction of sp³-hybridized carbons (Fsp3) is 0.650. The zero-order valence-corrected chi connectivity index (χ0v) is 14.6. The van der Waals surface area contributed by atoms with Crippen molar-refractivity contribution in [1.29, 1.82) is 0 Å². The molecule has 2 fully saturated rings. The van der Waals surface area contributed by atoms with E-state index in [1.165, 1.54) is 17.5 Å². The van der Waals surface area contributed by atoms with Crippen LogP contribution in [0.25, 0.3) is 0 Å². The molecular weight excluding hydrogens is 284 g/mol. The Bertz CT molecular complexity index is 525. The summed E-state index contributed by atoms with van der Waals surface area (Å²) in [6, 6.07) is 9.40. The molecule has 1 amide bonds. The van der Waals surface area contributed by atoms with Crippen LogP contribution in [-0.2, 0) is 11.3 Å². The molecule has 0 unspecified atom stereocenters. The van der Waals surface area contributed by atoms with Crippen LogP contribution in [-0.4, -0.2) is 41.4 Å². The van der Waals surface area contributed by atoms with E-state index < -0.39 is 0 Å². The molecule has 3 heteroatoms. The molecule has 126 valence electrons. The van der Waals surface area contributed by atoms with Gasteiger partial charge in [-0.1, -0.05) is 43.2 Å². The van der Waals surface area contributed by atoms with Crippen LogP contribution in [0.2, 0.25) is 0 Å². The van der Waals surface area contributed by atoms with Gasteiger partial charge in [0.15, 0.2) is 0 Å². The SMILES string of the molecule is CCCCN1C(=O)CC[C@H]2CN(Cc3ccc(C)cc3)CC[C@H]21. The van der Waals surface area contributed by atoms with Gasteiger partial charge in [0.1, 0.15) is 0 Å². The summed E-state index contributed by atoms with van der Waals surface area (Å²) in [6.45, 7) is 8.62. The van der Waals surface area contributed by atoms with Crippen LogP contribution in [0, 0.1) is 12.8 Å². The zero-order valence-electron chi connectivity index (χ0n) is 14.6. The Hall–Kier alpha value is -1.35. The molecule has 23 heavy (non-hydrogen) atoms. The number of hydrogen-bond donors (Lipinski definition) is 0. The molecule has 2 saturated heterocycles. The minimum Gasteiger partial charge on any atom is -0.339 e. The summed E-state index contributed by atoms with van der Waals surface area (Å²) in [5.41, 5.74) is 2.73. The molecule has 1 aromatic carbocycles. The average molecular weight is 314 g/mol. The number of nitrogens with zero attached hydrogens (tertiary/aromatic N) is 2. The lowest BCUT2D eigenvalue weighted by Gasteiger charge is -2.47. The van der Waals surface area contributed by atoms with Crippen molar-refractivity contribution in [2.75, 3.05) is 19.6 Å². The molecule has 3 nitrogen and oxygen atoms in total. The van der Waals surface area contributed by atoms with E-state index in [-0.39, 0.29) is 0 Å². The molecule has 0 aromatic heterocycles. The van der Waals surface area contributed by atoms with E-state index in [2.05, 4.69) is 47.9 Å². The Balaban J connectivity index is 1.60. The van der Waals surface area contributed by atoms with E-state index in [9.17, 15) is 4.79 Å². The van der Waals surface area contributed by atoms with Gasteiger partial charge in [-0.3, -0.25) is 9.69 Å². The van der Waals surface area contributed by atoms with Crippen molar-refractivity contribution in [2.45, 2.75) is 58.5 Å². The maximum absolute atomic E-state index is 12.3. The van der Waals surface area contributed by atoms with Gasteiger partial charge in [-0.2, -0.15) is 0 Å². The van der Waals surface area contributed by atoms with Gasteiger partial charge in [-0.15, -0.1) is 0 Å². The molecule has 1 aromatic rings. The maximum atomic E-state index is 12.3. The van der Waals surface area contributed by atoms with Crippen molar-refractivity contribution in [2.24, 2.45) is 5.92 Å². The smallest absolute Gasteiger partial charge is 0.222 e. The molecule has 3 rings (SSSR count). The number of aryl methyl sites for hydroxylation is 1. The second kappa shape index (κ2) is 7.48. The standard InChI is InChI=1S/C20H30N2O/c1-3-4-12-22-19-11-13-21(15-18(19)9-10-20(22)23)14-17-7-5-16(2)6-8-17/h5-8,18-19H,3-4,9-15H2,1-2H3/t18-,19+/m0/s1. The fourth-order valence-electron chi connectivity index (χ4n) is 4.14. The third-order valence-electron chi connectivity index (χ3n) is 5.51. The molecule has 0 radical (unpaired) electrons. The second-order valence-electron chi connectivity index (χ2n) is 7.32. The average Bonchev–Trinajstić information content (AvgIpc) is 2.56. The summed E-state index contributed by atoms with van der Waals surface area (Å²) in [4.78, 5) is 17.1. The number of carbonyl (C=O) groups excluding carboxylic acids is 1. The van der Waals surface area contributed by atoms with Crippen LogP contribution in [0.3, 0.4) is 0 Å². The number of benzene rings is 1. The minimum atomic E-state index is 0.395. The number of piperidine rings is 2. The van der Waals surface area contributed by atoms with Crippen molar-refractivity contribution >= 4 is 5.91 Å². The summed E-state index contributed by atoms with van der Waals surface area (Å²) in [7, 11) is 0. The van der Waals surface area contributed by atoms with Crippen molar-refractivity contribution < 1.29 is 4.79 Å². The highest BCUT2D eigenvalue weighted by Crippen LogP contribution is 2.32. The van der Waals surface area contributed by atoms with E-state index >= 15 is 0 Å². The molecule has 0 spiro atoms. The lowest BCUT2D eigenvalue weighted by molar-refractivity contribution is -0.141. The van der Waals surface area contributed by atoms with Gasteiger partial charge in [-0.25, -0.2) is 0 Å². The Morgan fingerprint density at radius 3 is 2.70 bits per heavy atom. The second-order valence-corrected chi connectivity index (χ2v) is 7.32. The fourth-order valence-corrected chi connectivity index (χ4v) is 4.14. The van der Waals surface area contributed by atoms with E-state index in [0.29, 0.717) is 17.9 Å². The van der Waals surface area contributed by atoms with E-state index in [4.69, 9.17) is 0 Å². The number of carbonyl (C=O) groups is 1. The first kappa shape index (κ1) is 16.5. The van der Waals surface area contributed by atoms with Crippen molar-refractivity contribution in [3.8, 4) is 0 Å². The minimum absolute atomic E-state index is 0.395. The molecule has 2 aliphatic rings. The quantitative estimate of drug-likeness (QED) is 0.829. The first-order valence-electron chi connectivity index (χ1n) is 9.24. The Morgan fingerprint density at radius 2 is 1.96 bits per heavy atom. The van der Waals surface area contributed by atoms with Gasteiger partial charge in [0.25, 0.3) is 0 Å². The lowest BCUT2D eigenvalue weighted by atomic mass is 9.83. The van der Waals surface area contributed by atoms with Gasteiger partial charge >= 0.3 is 0 Å². The highest BCUT2D eigenvalue weighted by atomic mass is 16.2. The predicted octanol–water partition coefficient (Wildman–Crippen LogP) is 3.61. The third-order valence-corrected chi connectivity index (χ3v) is 5.51. The molecule has 2 heterocycles. The van der Waals surface area contributed by atoms with Crippen LogP contribution in [0.4, 0.5) is 0 Å². The van der Waals surface area contributed by atoms with Crippen molar-refractivity contribution in [3.05, 3.63) is 35.4 Å². The van der Waals surface area contributed by atoms with Crippen LogP contribution < -0.4 is 0 Å². The molecule has 0 bridgehead atoms. The number of fused-ring (bicyclic) bond motifs is 1. The number of amides is 1. The van der Waals surface area contributed by atoms with Crippen LogP contribution in [0.5, 0.6) is 0 Å². The maximum Gasteiger partial charge on any atom is 0.222 e. The zero-order chi connectivity index (χ0) is 16.2. The summed E-state index contributed by atoms with van der Waals surface area (Å²) in [5.74, 6) is 1.07. The topological polar surface area (TPSA) is 23.6 Å². The molecular formula is C20H30N2O. The van der Waals surface area contributed by atoms with Gasteiger partial charge < -0.3 is 4.90 Å². The van der Waals surface area contributed by atoms with Crippen LogP contribution in [0.1, 0.15) is 50.2 Å². The van der Waals surface area contributed by atoms with E-state index in [1.54, 1.807) is 0 Å². The van der Waals surface area contributed by atoms with E-state index in [0.717, 1.165) is 51.9 Å². The number of unbranched alkanes of at least 4 members (excludes halogenated alkanes) is 1. The van der Waals surface area contributed by atoms with Gasteiger partial charge in [0.05, 0.1) is 0 Å². The normalized spacial score (nSPS) is 25.5. The summed E-state index contributed by atoms with van der Waals surface area (Å²) in [6.07, 6.45) is 5.29. The highest BCUT2D eigenvalue weighted by Gasteiger charge is 2.38. The monoisotopic (exact) mass is 314 g/mol. The largest absolute Gasteiger partial charge is 0.339 e. The van der Waals surface area contributed by atoms with Gasteiger partial charge in [0.2, 0.25) is 5.91 Å². The van der Waals surface area contributed by atoms with Crippen molar-refractivity contribution in [3.63, 3.8) is 0 Å². The van der Waals surface area contributed by atoms with Gasteiger partial charge in [-0.05, 0) is 37.7 Å². The molecule has 0 saturated carbocycles. The van der Waals surface area contributed by atoms with Gasteiger partial charge in [0, 0.05) is 38.6 Å². The number of likely N-dealkylation sites (tertiary alicyclic amines) is 2. The lowest BCUT2D eigenvalue weighted by Crippen LogP contribution is -2.55. The van der Waals surface area contributed by atoms with Crippen molar-refractivity contribution in [1.82, 2.24) is 9.80 Å². The Morgan fingerprint density at radius 1 is 1.17 bits per heavy atom. The summed E-state index contributed by atoms with van der Waals surface area (Å²) in [5, 5.41) is 0. The highest BCUT2D eigenvalue weighted by molar-refractivity contribution is 5.77. The first-order valence-corrected chi connectivity index (χ1v) is 9.24. The van der Waals surface area contributed by atoms with E-state index in [1.807, 2.05) is 0 Å². The summed E-state index contributed by atoms with van der Waals surface area (Å²) < 4.78 is 0. The molecule has 2 atom stereocenters. The molecule has 0 aliphatic carbocycles. The molecule has 2 aliphatic heterocycles.